The summed E-state index contributed by atoms with van der Waals surface area (Å²) in [5, 5.41) is 5.05. The molecular formula is C20H22N4O3. The number of aromatic nitrogens is 3. The summed E-state index contributed by atoms with van der Waals surface area (Å²) in [6.07, 6.45) is 3.54. The molecule has 7 nitrogen and oxygen atoms in total. The van der Waals surface area contributed by atoms with Crippen LogP contribution >= 0.6 is 0 Å². The number of carbonyl (C=O) groups excluding carboxylic acids is 1. The molecule has 1 saturated heterocycles. The Morgan fingerprint density at radius 3 is 2.93 bits per heavy atom. The van der Waals surface area contributed by atoms with Crippen molar-refractivity contribution in [3.63, 3.8) is 0 Å². The number of pyridine rings is 1. The number of hydrogen-bond acceptors (Lipinski definition) is 5. The number of aryl methyl sites for hydroxylation is 1. The van der Waals surface area contributed by atoms with Crippen molar-refractivity contribution in [3.05, 3.63) is 48.3 Å². The third-order valence-electron chi connectivity index (χ3n) is 4.66. The van der Waals surface area contributed by atoms with Crippen LogP contribution < -0.4 is 0 Å². The van der Waals surface area contributed by atoms with Crippen molar-refractivity contribution < 1.29 is 14.3 Å². The monoisotopic (exact) mass is 366 g/mol. The van der Waals surface area contributed by atoms with Gasteiger partial charge >= 0.3 is 0 Å². The first kappa shape index (κ1) is 17.6. The fourth-order valence-corrected chi connectivity index (χ4v) is 3.29. The minimum atomic E-state index is -0.0985. The molecule has 0 spiro atoms. The highest BCUT2D eigenvalue weighted by Crippen LogP contribution is 2.25. The predicted octanol–water partition coefficient (Wildman–Crippen LogP) is 2.12. The summed E-state index contributed by atoms with van der Waals surface area (Å²) in [7, 11) is 3.65. The zero-order valence-electron chi connectivity index (χ0n) is 15.5. The van der Waals surface area contributed by atoms with E-state index in [4.69, 9.17) is 14.5 Å². The van der Waals surface area contributed by atoms with Crippen molar-refractivity contribution in [2.45, 2.75) is 6.10 Å². The van der Waals surface area contributed by atoms with Crippen LogP contribution in [0.4, 0.5) is 0 Å². The van der Waals surface area contributed by atoms with Gasteiger partial charge < -0.3 is 14.4 Å². The molecule has 140 valence electrons. The molecule has 0 bridgehead atoms. The Balaban J connectivity index is 1.69. The van der Waals surface area contributed by atoms with E-state index in [1.165, 1.54) is 0 Å². The van der Waals surface area contributed by atoms with Gasteiger partial charge in [0.15, 0.2) is 0 Å². The fourth-order valence-electron chi connectivity index (χ4n) is 3.29. The fraction of sp³-hybridized carbons (Fsp3) is 0.350. The molecule has 0 aliphatic carbocycles. The Morgan fingerprint density at radius 2 is 2.19 bits per heavy atom. The number of amides is 1. The molecule has 1 aliphatic heterocycles. The molecular weight excluding hydrogens is 344 g/mol. The van der Waals surface area contributed by atoms with Crippen LogP contribution in [0.1, 0.15) is 10.4 Å². The minimum absolute atomic E-state index is 0.0621. The summed E-state index contributed by atoms with van der Waals surface area (Å²) in [6, 6.07) is 9.54. The molecule has 3 aromatic rings. The molecule has 0 saturated carbocycles. The van der Waals surface area contributed by atoms with Gasteiger partial charge in [-0.15, -0.1) is 0 Å². The topological polar surface area (TPSA) is 69.5 Å². The maximum atomic E-state index is 13.2. The van der Waals surface area contributed by atoms with Gasteiger partial charge in [-0.1, -0.05) is 18.2 Å². The first-order valence-corrected chi connectivity index (χ1v) is 8.95. The molecule has 1 fully saturated rings. The van der Waals surface area contributed by atoms with E-state index < -0.39 is 0 Å². The van der Waals surface area contributed by atoms with Crippen LogP contribution in [0.3, 0.4) is 0 Å². The maximum absolute atomic E-state index is 13.2. The van der Waals surface area contributed by atoms with Crippen molar-refractivity contribution in [2.24, 2.45) is 7.05 Å². The van der Waals surface area contributed by atoms with Crippen LogP contribution in [0.15, 0.2) is 42.7 Å². The second-order valence-electron chi connectivity index (χ2n) is 6.73. The predicted molar refractivity (Wildman–Crippen MR) is 101 cm³/mol. The Bertz CT molecular complexity index is 963. The van der Waals surface area contributed by atoms with Crippen molar-refractivity contribution in [1.82, 2.24) is 19.7 Å². The molecule has 1 amide bonds. The van der Waals surface area contributed by atoms with E-state index in [1.54, 1.807) is 22.8 Å². The Kier molecular flexibility index (Phi) is 4.87. The third kappa shape index (κ3) is 3.70. The molecule has 3 heterocycles. The summed E-state index contributed by atoms with van der Waals surface area (Å²) in [6.45, 7) is 2.17. The lowest BCUT2D eigenvalue weighted by Gasteiger charge is -2.27. The van der Waals surface area contributed by atoms with Gasteiger partial charge in [-0.25, -0.2) is 4.98 Å². The first-order valence-electron chi connectivity index (χ1n) is 8.95. The molecule has 27 heavy (non-hydrogen) atoms. The average Bonchev–Trinajstić information content (AvgIpc) is 3.13. The normalized spacial score (nSPS) is 17.2. The van der Waals surface area contributed by atoms with E-state index in [-0.39, 0.29) is 12.0 Å². The number of fused-ring (bicyclic) bond motifs is 1. The molecule has 7 heteroatoms. The Labute approximate surface area is 157 Å². The summed E-state index contributed by atoms with van der Waals surface area (Å²) in [5.41, 5.74) is 3.02. The molecule has 0 N–H and O–H groups in total. The number of nitrogens with zero attached hydrogens (tertiary/aromatic N) is 4. The second-order valence-corrected chi connectivity index (χ2v) is 6.73. The molecule has 0 radical (unpaired) electrons. The molecule has 1 aromatic carbocycles. The van der Waals surface area contributed by atoms with Gasteiger partial charge in [-0.3, -0.25) is 9.48 Å². The molecule has 2 aromatic heterocycles. The molecule has 4 rings (SSSR count). The minimum Gasteiger partial charge on any atom is -0.376 e. The van der Waals surface area contributed by atoms with Gasteiger partial charge in [-0.2, -0.15) is 5.10 Å². The van der Waals surface area contributed by atoms with E-state index in [0.29, 0.717) is 31.9 Å². The summed E-state index contributed by atoms with van der Waals surface area (Å²) in [5.74, 6) is -0.0621. The van der Waals surface area contributed by atoms with E-state index in [9.17, 15) is 4.79 Å². The van der Waals surface area contributed by atoms with Crippen LogP contribution in [0.5, 0.6) is 0 Å². The number of hydrogen-bond donors (Lipinski definition) is 0. The lowest BCUT2D eigenvalue weighted by Crippen LogP contribution is -2.40. The van der Waals surface area contributed by atoms with Crippen LogP contribution in [0.2, 0.25) is 0 Å². The zero-order valence-corrected chi connectivity index (χ0v) is 15.5. The lowest BCUT2D eigenvalue weighted by atomic mass is 10.0. The van der Waals surface area contributed by atoms with E-state index in [0.717, 1.165) is 22.2 Å². The first-order chi connectivity index (χ1) is 13.1. The summed E-state index contributed by atoms with van der Waals surface area (Å²) >= 11 is 0. The van der Waals surface area contributed by atoms with Crippen LogP contribution in [0, 0.1) is 0 Å². The van der Waals surface area contributed by atoms with Crippen LogP contribution in [0.25, 0.3) is 22.2 Å². The van der Waals surface area contributed by atoms with Crippen molar-refractivity contribution in [3.8, 4) is 11.3 Å². The number of para-hydroxylation sites is 1. The zero-order chi connectivity index (χ0) is 18.8. The number of carbonyl (C=O) groups is 1. The standard InChI is InChI=1S/C20H22N4O3/c1-23(12-15-13-26-7-8-27-15)20(25)17-9-19(14-10-21-24(2)11-14)22-18-6-4-3-5-16(17)18/h3-6,9-11,15H,7-8,12-13H2,1-2H3/t15-/m0/s1. The van der Waals surface area contributed by atoms with E-state index >= 15 is 0 Å². The number of likely N-dealkylation sites (N-methyl/N-ethyl adjacent to an activating group) is 1. The Morgan fingerprint density at radius 1 is 1.33 bits per heavy atom. The van der Waals surface area contributed by atoms with Crippen LogP contribution in [-0.4, -0.2) is 65.1 Å². The highest BCUT2D eigenvalue weighted by Gasteiger charge is 2.22. The molecule has 1 atom stereocenters. The highest BCUT2D eigenvalue weighted by molar-refractivity contribution is 6.07. The second kappa shape index (κ2) is 7.46. The van der Waals surface area contributed by atoms with Gasteiger partial charge in [0, 0.05) is 37.8 Å². The van der Waals surface area contributed by atoms with Gasteiger partial charge in [0.25, 0.3) is 5.91 Å². The average molecular weight is 366 g/mol. The van der Waals surface area contributed by atoms with E-state index in [2.05, 4.69) is 5.10 Å². The van der Waals surface area contributed by atoms with Gasteiger partial charge in [-0.05, 0) is 12.1 Å². The van der Waals surface area contributed by atoms with Gasteiger partial charge in [0.1, 0.15) is 0 Å². The summed E-state index contributed by atoms with van der Waals surface area (Å²) in [4.78, 5) is 19.6. The lowest BCUT2D eigenvalue weighted by molar-refractivity contribution is -0.0933. The van der Waals surface area contributed by atoms with Crippen molar-refractivity contribution in [2.75, 3.05) is 33.4 Å². The maximum Gasteiger partial charge on any atom is 0.254 e. The van der Waals surface area contributed by atoms with Crippen LogP contribution in [-0.2, 0) is 16.5 Å². The van der Waals surface area contributed by atoms with Gasteiger partial charge in [0.2, 0.25) is 0 Å². The molecule has 0 unspecified atom stereocenters. The number of benzene rings is 1. The quantitative estimate of drug-likeness (QED) is 0.707. The number of rotatable bonds is 4. The smallest absolute Gasteiger partial charge is 0.254 e. The van der Waals surface area contributed by atoms with E-state index in [1.807, 2.05) is 43.6 Å². The van der Waals surface area contributed by atoms with Crippen molar-refractivity contribution >= 4 is 16.8 Å². The third-order valence-corrected chi connectivity index (χ3v) is 4.66. The highest BCUT2D eigenvalue weighted by atomic mass is 16.6. The van der Waals surface area contributed by atoms with Crippen molar-refractivity contribution in [1.29, 1.82) is 0 Å². The van der Waals surface area contributed by atoms with Gasteiger partial charge in [0.05, 0.1) is 48.9 Å². The molecule has 1 aliphatic rings. The largest absolute Gasteiger partial charge is 0.376 e. The SMILES string of the molecule is CN(C[C@H]1COCCO1)C(=O)c1cc(-c2cnn(C)c2)nc2ccccc12. The summed E-state index contributed by atoms with van der Waals surface area (Å²) < 4.78 is 12.8. The number of ether oxygens (including phenoxy) is 2. The Hall–Kier alpha value is -2.77.